The zero-order valence-electron chi connectivity index (χ0n) is 10.7. The van der Waals surface area contributed by atoms with E-state index in [0.29, 0.717) is 12.8 Å². The van der Waals surface area contributed by atoms with Crippen molar-refractivity contribution in [1.29, 1.82) is 0 Å². The van der Waals surface area contributed by atoms with Crippen LogP contribution in [0, 0.1) is 11.8 Å². The summed E-state index contributed by atoms with van der Waals surface area (Å²) < 4.78 is 4.76. The molecule has 1 aliphatic carbocycles. The minimum absolute atomic E-state index is 0.257. The molecule has 1 N–H and O–H groups in total. The van der Waals surface area contributed by atoms with Crippen molar-refractivity contribution in [3.8, 4) is 0 Å². The zero-order valence-corrected chi connectivity index (χ0v) is 10.7. The summed E-state index contributed by atoms with van der Waals surface area (Å²) in [6, 6.07) is 8.11. The third-order valence-corrected chi connectivity index (χ3v) is 3.21. The Morgan fingerprint density at radius 2 is 1.85 bits per heavy atom. The van der Waals surface area contributed by atoms with Crippen molar-refractivity contribution in [2.45, 2.75) is 12.8 Å². The monoisotopic (exact) mass is 274 g/mol. The highest BCUT2D eigenvalue weighted by molar-refractivity contribution is 5.98. The normalized spacial score (nSPS) is 21.2. The maximum absolute atomic E-state index is 11.9. The van der Waals surface area contributed by atoms with Gasteiger partial charge in [-0.3, -0.25) is 9.59 Å². The molecule has 5 nitrogen and oxygen atoms in total. The molecule has 1 aromatic carbocycles. The Kier molecular flexibility index (Phi) is 4.30. The second-order valence-electron chi connectivity index (χ2n) is 4.55. The summed E-state index contributed by atoms with van der Waals surface area (Å²) in [6.45, 7) is 0. The van der Waals surface area contributed by atoms with E-state index in [-0.39, 0.29) is 5.56 Å². The molecule has 0 saturated carbocycles. The summed E-state index contributed by atoms with van der Waals surface area (Å²) in [4.78, 5) is 34.8. The van der Waals surface area contributed by atoms with Gasteiger partial charge in [0.15, 0.2) is 0 Å². The molecular formula is C15H14O5. The Labute approximate surface area is 115 Å². The molecule has 5 heteroatoms. The van der Waals surface area contributed by atoms with Gasteiger partial charge in [0.25, 0.3) is 0 Å². The van der Waals surface area contributed by atoms with E-state index in [1.807, 2.05) is 0 Å². The molecule has 2 unspecified atom stereocenters. The lowest BCUT2D eigenvalue weighted by molar-refractivity contribution is -0.152. The number of esters is 2. The summed E-state index contributed by atoms with van der Waals surface area (Å²) >= 11 is 0. The van der Waals surface area contributed by atoms with Crippen LogP contribution in [0.1, 0.15) is 23.2 Å². The van der Waals surface area contributed by atoms with Crippen LogP contribution >= 0.6 is 0 Å². The van der Waals surface area contributed by atoms with Crippen molar-refractivity contribution in [3.63, 3.8) is 0 Å². The van der Waals surface area contributed by atoms with Gasteiger partial charge in [-0.05, 0) is 25.0 Å². The highest BCUT2D eigenvalue weighted by Gasteiger charge is 2.35. The average Bonchev–Trinajstić information content (AvgIpc) is 2.48. The number of allylic oxidation sites excluding steroid dienone is 1. The molecule has 20 heavy (non-hydrogen) atoms. The van der Waals surface area contributed by atoms with E-state index >= 15 is 0 Å². The highest BCUT2D eigenvalue weighted by Crippen LogP contribution is 2.26. The Balaban J connectivity index is 2.07. The molecule has 2 atom stereocenters. The van der Waals surface area contributed by atoms with Gasteiger partial charge in [0.2, 0.25) is 0 Å². The van der Waals surface area contributed by atoms with Crippen LogP contribution < -0.4 is 0 Å². The van der Waals surface area contributed by atoms with Crippen LogP contribution in [0.5, 0.6) is 0 Å². The maximum atomic E-state index is 11.9. The third-order valence-electron chi connectivity index (χ3n) is 3.21. The van der Waals surface area contributed by atoms with E-state index in [1.165, 1.54) is 18.2 Å². The van der Waals surface area contributed by atoms with Crippen molar-refractivity contribution >= 4 is 17.9 Å². The molecule has 0 spiro atoms. The number of rotatable bonds is 3. The molecule has 0 fully saturated rings. The van der Waals surface area contributed by atoms with Crippen LogP contribution in [-0.4, -0.2) is 23.0 Å². The molecule has 0 radical (unpaired) electrons. The van der Waals surface area contributed by atoms with Crippen molar-refractivity contribution in [2.75, 3.05) is 0 Å². The second kappa shape index (κ2) is 6.14. The van der Waals surface area contributed by atoms with Gasteiger partial charge in [-0.15, -0.1) is 0 Å². The number of ether oxygens (including phenoxy) is 1. The van der Waals surface area contributed by atoms with Gasteiger partial charge < -0.3 is 9.84 Å². The van der Waals surface area contributed by atoms with E-state index in [0.717, 1.165) is 0 Å². The van der Waals surface area contributed by atoms with E-state index in [2.05, 4.69) is 0 Å². The quantitative estimate of drug-likeness (QED) is 0.518. The Morgan fingerprint density at radius 3 is 2.50 bits per heavy atom. The number of hydrogen-bond donors (Lipinski definition) is 1. The average molecular weight is 274 g/mol. The molecule has 0 heterocycles. The smallest absolute Gasteiger partial charge is 0.345 e. The van der Waals surface area contributed by atoms with Gasteiger partial charge in [-0.1, -0.05) is 30.4 Å². The minimum Gasteiger partial charge on any atom is -0.481 e. The molecule has 104 valence electrons. The van der Waals surface area contributed by atoms with Crippen molar-refractivity contribution in [3.05, 3.63) is 48.0 Å². The number of carboxylic acid groups (broad SMARTS) is 1. The van der Waals surface area contributed by atoms with Crippen LogP contribution in [-0.2, 0) is 14.3 Å². The SMILES string of the molecule is O=C(OC(=O)C1C=CCCC1C(=O)O)c1ccccc1. The fourth-order valence-corrected chi connectivity index (χ4v) is 2.14. The van der Waals surface area contributed by atoms with Crippen molar-refractivity contribution in [2.24, 2.45) is 11.8 Å². The van der Waals surface area contributed by atoms with Crippen LogP contribution in [0.3, 0.4) is 0 Å². The molecule has 0 aliphatic heterocycles. The molecule has 1 aromatic rings. The maximum Gasteiger partial charge on any atom is 0.345 e. The van der Waals surface area contributed by atoms with E-state index in [1.54, 1.807) is 24.3 Å². The van der Waals surface area contributed by atoms with E-state index in [4.69, 9.17) is 9.84 Å². The summed E-state index contributed by atoms with van der Waals surface area (Å²) in [5, 5.41) is 9.08. The molecule has 0 aromatic heterocycles. The predicted octanol–water partition coefficient (Wildman–Crippen LogP) is 2.04. The predicted molar refractivity (Wildman–Crippen MR) is 69.9 cm³/mol. The lowest BCUT2D eigenvalue weighted by Crippen LogP contribution is -2.32. The first-order chi connectivity index (χ1) is 9.59. The summed E-state index contributed by atoms with van der Waals surface area (Å²) in [7, 11) is 0. The molecule has 2 rings (SSSR count). The Hall–Kier alpha value is -2.43. The highest BCUT2D eigenvalue weighted by atomic mass is 16.6. The van der Waals surface area contributed by atoms with Crippen LogP contribution in [0.15, 0.2) is 42.5 Å². The zero-order chi connectivity index (χ0) is 14.5. The fraction of sp³-hybridized carbons (Fsp3) is 0.267. The Morgan fingerprint density at radius 1 is 1.15 bits per heavy atom. The number of carboxylic acids is 1. The van der Waals surface area contributed by atoms with Gasteiger partial charge in [-0.25, -0.2) is 4.79 Å². The van der Waals surface area contributed by atoms with Gasteiger partial charge in [0, 0.05) is 0 Å². The lowest BCUT2D eigenvalue weighted by Gasteiger charge is -2.21. The minimum atomic E-state index is -1.05. The first-order valence-electron chi connectivity index (χ1n) is 6.30. The summed E-state index contributed by atoms with van der Waals surface area (Å²) in [6.07, 6.45) is 4.21. The van der Waals surface area contributed by atoms with Crippen LogP contribution in [0.4, 0.5) is 0 Å². The Bertz CT molecular complexity index is 547. The first kappa shape index (κ1) is 14.0. The van der Waals surface area contributed by atoms with Gasteiger partial charge >= 0.3 is 17.9 Å². The molecule has 0 bridgehead atoms. The van der Waals surface area contributed by atoms with Crippen molar-refractivity contribution < 1.29 is 24.2 Å². The second-order valence-corrected chi connectivity index (χ2v) is 4.55. The molecule has 1 aliphatic rings. The number of carbonyl (C=O) groups is 3. The molecule has 0 saturated heterocycles. The largest absolute Gasteiger partial charge is 0.481 e. The van der Waals surface area contributed by atoms with Crippen LogP contribution in [0.2, 0.25) is 0 Å². The van der Waals surface area contributed by atoms with Gasteiger partial charge in [-0.2, -0.15) is 0 Å². The van der Waals surface area contributed by atoms with Crippen LogP contribution in [0.25, 0.3) is 0 Å². The van der Waals surface area contributed by atoms with E-state index < -0.39 is 29.7 Å². The summed E-state index contributed by atoms with van der Waals surface area (Å²) in [5.41, 5.74) is 0.257. The number of aliphatic carboxylic acids is 1. The summed E-state index contributed by atoms with van der Waals surface area (Å²) in [5.74, 6) is -4.38. The lowest BCUT2D eigenvalue weighted by atomic mass is 9.84. The van der Waals surface area contributed by atoms with Gasteiger partial charge in [0.05, 0.1) is 17.4 Å². The third kappa shape index (κ3) is 3.12. The van der Waals surface area contributed by atoms with Crippen molar-refractivity contribution in [1.82, 2.24) is 0 Å². The number of benzene rings is 1. The molecule has 0 amide bonds. The fourth-order valence-electron chi connectivity index (χ4n) is 2.14. The standard InChI is InChI=1S/C15H14O5/c16-13(17)11-8-4-5-9-12(11)15(19)20-14(18)10-6-2-1-3-7-10/h1-3,5-7,9,11-12H,4,8H2,(H,16,17). The molecular weight excluding hydrogens is 260 g/mol. The number of carbonyl (C=O) groups excluding carboxylic acids is 2. The first-order valence-corrected chi connectivity index (χ1v) is 6.30. The number of hydrogen-bond acceptors (Lipinski definition) is 4. The topological polar surface area (TPSA) is 80.7 Å². The van der Waals surface area contributed by atoms with E-state index in [9.17, 15) is 14.4 Å². The van der Waals surface area contributed by atoms with Gasteiger partial charge in [0.1, 0.15) is 0 Å².